The average Bonchev–Trinajstić information content (AvgIpc) is 2.79. The molecule has 0 atom stereocenters. The van der Waals surface area contributed by atoms with Gasteiger partial charge in [0, 0.05) is 35.4 Å². The molecule has 2 saturated heterocycles. The number of benzene rings is 1. The van der Waals surface area contributed by atoms with Crippen LogP contribution in [0.1, 0.15) is 59.4 Å². The lowest BCUT2D eigenvalue weighted by Gasteiger charge is -2.40. The Balaban J connectivity index is 1.38. The topological polar surface area (TPSA) is 49.3 Å². The first kappa shape index (κ1) is 21.3. The van der Waals surface area contributed by atoms with Gasteiger partial charge in [-0.15, -0.1) is 0 Å². The molecule has 5 nitrogen and oxygen atoms in total. The predicted octanol–water partition coefficient (Wildman–Crippen LogP) is 4.31. The molecule has 0 bridgehead atoms. The number of hydrogen-bond acceptors (Lipinski definition) is 4. The molecule has 30 heavy (non-hydrogen) atoms. The van der Waals surface area contributed by atoms with Gasteiger partial charge in [-0.2, -0.15) is 0 Å². The van der Waals surface area contributed by atoms with Crippen molar-refractivity contribution in [2.24, 2.45) is 0 Å². The Morgan fingerprint density at radius 3 is 2.57 bits per heavy atom. The van der Waals surface area contributed by atoms with Crippen molar-refractivity contribution in [3.63, 3.8) is 0 Å². The lowest BCUT2D eigenvalue weighted by Crippen LogP contribution is -2.48. The number of nitrogens with zero attached hydrogens (tertiary/aromatic N) is 4. The Kier molecular flexibility index (Phi) is 7.00. The van der Waals surface area contributed by atoms with Crippen LogP contribution in [-0.4, -0.2) is 57.9 Å². The SMILES string of the molecule is Cc1c(CCc2cccc(Cl)c2)ncnc1C(=O)N1CCC(N2CCCCC2)CC1. The van der Waals surface area contributed by atoms with E-state index in [1.807, 2.05) is 30.0 Å². The average molecular weight is 427 g/mol. The third kappa shape index (κ3) is 5.01. The van der Waals surface area contributed by atoms with Gasteiger partial charge in [-0.25, -0.2) is 9.97 Å². The van der Waals surface area contributed by atoms with Gasteiger partial charge in [-0.3, -0.25) is 4.79 Å². The molecule has 0 unspecified atom stereocenters. The minimum Gasteiger partial charge on any atom is -0.337 e. The molecular formula is C24H31ClN4O. The Morgan fingerprint density at radius 2 is 1.83 bits per heavy atom. The van der Waals surface area contributed by atoms with Gasteiger partial charge >= 0.3 is 0 Å². The number of halogens is 1. The van der Waals surface area contributed by atoms with E-state index in [0.717, 1.165) is 55.1 Å². The van der Waals surface area contributed by atoms with Crippen LogP contribution in [0, 0.1) is 6.92 Å². The zero-order valence-corrected chi connectivity index (χ0v) is 18.6. The van der Waals surface area contributed by atoms with Crippen LogP contribution < -0.4 is 0 Å². The lowest BCUT2D eigenvalue weighted by atomic mass is 9.99. The van der Waals surface area contributed by atoms with Gasteiger partial charge in [0.2, 0.25) is 0 Å². The van der Waals surface area contributed by atoms with Crippen LogP contribution in [0.15, 0.2) is 30.6 Å². The van der Waals surface area contributed by atoms with Gasteiger partial charge in [0.1, 0.15) is 12.0 Å². The van der Waals surface area contributed by atoms with Crippen molar-refractivity contribution < 1.29 is 4.79 Å². The van der Waals surface area contributed by atoms with Crippen LogP contribution >= 0.6 is 11.6 Å². The van der Waals surface area contributed by atoms with Crippen molar-refractivity contribution in [1.82, 2.24) is 19.8 Å². The molecule has 0 aliphatic carbocycles. The van der Waals surface area contributed by atoms with Crippen LogP contribution in [0.2, 0.25) is 5.02 Å². The second-order valence-electron chi connectivity index (χ2n) is 8.54. The summed E-state index contributed by atoms with van der Waals surface area (Å²) < 4.78 is 0. The van der Waals surface area contributed by atoms with E-state index < -0.39 is 0 Å². The van der Waals surface area contributed by atoms with Crippen molar-refractivity contribution in [2.45, 2.75) is 57.9 Å². The Morgan fingerprint density at radius 1 is 1.07 bits per heavy atom. The maximum atomic E-state index is 13.2. The number of likely N-dealkylation sites (tertiary alicyclic amines) is 2. The first-order valence-electron chi connectivity index (χ1n) is 11.2. The highest BCUT2D eigenvalue weighted by molar-refractivity contribution is 6.30. The minimum absolute atomic E-state index is 0.0519. The largest absolute Gasteiger partial charge is 0.337 e. The van der Waals surface area contributed by atoms with E-state index in [1.54, 1.807) is 0 Å². The molecule has 1 aromatic heterocycles. The van der Waals surface area contributed by atoms with E-state index in [9.17, 15) is 4.79 Å². The van der Waals surface area contributed by atoms with Crippen molar-refractivity contribution in [3.8, 4) is 0 Å². The number of aromatic nitrogens is 2. The van der Waals surface area contributed by atoms with Gasteiger partial charge in [-0.05, 0) is 76.2 Å². The fraction of sp³-hybridized carbons (Fsp3) is 0.542. The highest BCUT2D eigenvalue weighted by Crippen LogP contribution is 2.23. The molecule has 2 aliphatic rings. The van der Waals surface area contributed by atoms with Crippen molar-refractivity contribution in [1.29, 1.82) is 0 Å². The van der Waals surface area contributed by atoms with Gasteiger partial charge in [-0.1, -0.05) is 30.2 Å². The Bertz CT molecular complexity index is 873. The molecule has 0 saturated carbocycles. The first-order chi connectivity index (χ1) is 14.6. The van der Waals surface area contributed by atoms with Crippen LogP contribution in [-0.2, 0) is 12.8 Å². The molecule has 3 heterocycles. The van der Waals surface area contributed by atoms with Crippen LogP contribution in [0.25, 0.3) is 0 Å². The predicted molar refractivity (Wildman–Crippen MR) is 120 cm³/mol. The summed E-state index contributed by atoms with van der Waals surface area (Å²) in [6, 6.07) is 8.53. The maximum absolute atomic E-state index is 13.2. The number of amides is 1. The van der Waals surface area contributed by atoms with Crippen molar-refractivity contribution >= 4 is 17.5 Å². The summed E-state index contributed by atoms with van der Waals surface area (Å²) >= 11 is 6.09. The molecule has 1 aromatic carbocycles. The summed E-state index contributed by atoms with van der Waals surface area (Å²) in [6.07, 6.45) is 9.28. The lowest BCUT2D eigenvalue weighted by molar-refractivity contribution is 0.0583. The van der Waals surface area contributed by atoms with Crippen LogP contribution in [0.5, 0.6) is 0 Å². The molecule has 0 spiro atoms. The van der Waals surface area contributed by atoms with Crippen molar-refractivity contribution in [2.75, 3.05) is 26.2 Å². The molecule has 1 amide bonds. The summed E-state index contributed by atoms with van der Waals surface area (Å²) in [7, 11) is 0. The second-order valence-corrected chi connectivity index (χ2v) is 8.98. The number of carbonyl (C=O) groups is 1. The van der Waals surface area contributed by atoms with Crippen LogP contribution in [0.3, 0.4) is 0 Å². The van der Waals surface area contributed by atoms with E-state index >= 15 is 0 Å². The quantitative estimate of drug-likeness (QED) is 0.714. The molecule has 2 fully saturated rings. The fourth-order valence-corrected chi connectivity index (χ4v) is 4.99. The molecular weight excluding hydrogens is 396 g/mol. The summed E-state index contributed by atoms with van der Waals surface area (Å²) in [6.45, 7) is 6.06. The van der Waals surface area contributed by atoms with E-state index in [-0.39, 0.29) is 5.91 Å². The van der Waals surface area contributed by atoms with Gasteiger partial charge < -0.3 is 9.80 Å². The Hall–Kier alpha value is -1.98. The fourth-order valence-electron chi connectivity index (χ4n) is 4.78. The number of piperidine rings is 2. The molecule has 4 rings (SSSR count). The smallest absolute Gasteiger partial charge is 0.272 e. The number of carbonyl (C=O) groups excluding carboxylic acids is 1. The Labute approximate surface area is 184 Å². The third-order valence-corrected chi connectivity index (χ3v) is 6.82. The number of rotatable bonds is 5. The summed E-state index contributed by atoms with van der Waals surface area (Å²) in [5, 5.41) is 0.746. The maximum Gasteiger partial charge on any atom is 0.272 e. The standard InChI is InChI=1S/C24H31ClN4O/c1-18-22(9-8-19-6-5-7-20(25)16-19)26-17-27-23(18)24(30)29-14-10-21(11-15-29)28-12-3-2-4-13-28/h5-7,16-17,21H,2-4,8-15H2,1H3. The van der Waals surface area contributed by atoms with E-state index in [0.29, 0.717) is 11.7 Å². The molecule has 160 valence electrons. The van der Waals surface area contributed by atoms with E-state index in [4.69, 9.17) is 11.6 Å². The van der Waals surface area contributed by atoms with E-state index in [1.165, 1.54) is 44.2 Å². The summed E-state index contributed by atoms with van der Waals surface area (Å²) in [5.41, 5.74) is 3.58. The zero-order chi connectivity index (χ0) is 20.9. The summed E-state index contributed by atoms with van der Waals surface area (Å²) in [5.74, 6) is 0.0519. The summed E-state index contributed by atoms with van der Waals surface area (Å²) in [4.78, 5) is 26.6. The zero-order valence-electron chi connectivity index (χ0n) is 17.8. The van der Waals surface area contributed by atoms with Crippen molar-refractivity contribution in [3.05, 3.63) is 58.1 Å². The molecule has 0 N–H and O–H groups in total. The number of aryl methyl sites for hydroxylation is 2. The molecule has 0 radical (unpaired) electrons. The highest BCUT2D eigenvalue weighted by atomic mass is 35.5. The van der Waals surface area contributed by atoms with Crippen LogP contribution in [0.4, 0.5) is 0 Å². The first-order valence-corrected chi connectivity index (χ1v) is 11.6. The minimum atomic E-state index is 0.0519. The molecule has 2 aromatic rings. The third-order valence-electron chi connectivity index (χ3n) is 6.59. The molecule has 2 aliphatic heterocycles. The van der Waals surface area contributed by atoms with Gasteiger partial charge in [0.25, 0.3) is 5.91 Å². The highest BCUT2D eigenvalue weighted by Gasteiger charge is 2.29. The molecule has 6 heteroatoms. The van der Waals surface area contributed by atoms with Gasteiger partial charge in [0.15, 0.2) is 0 Å². The van der Waals surface area contributed by atoms with E-state index in [2.05, 4.69) is 20.9 Å². The normalized spacial score (nSPS) is 18.5. The second kappa shape index (κ2) is 9.88. The van der Waals surface area contributed by atoms with Gasteiger partial charge in [0.05, 0.1) is 0 Å². The monoisotopic (exact) mass is 426 g/mol. The number of hydrogen-bond donors (Lipinski definition) is 0.